The van der Waals surface area contributed by atoms with Gasteiger partial charge in [-0.1, -0.05) is 58.9 Å². The molecule has 0 aliphatic rings. The third-order valence-corrected chi connectivity index (χ3v) is 13.5. The van der Waals surface area contributed by atoms with E-state index in [-0.39, 0.29) is 40.4 Å². The monoisotopic (exact) mass is 864 g/mol. The molecule has 4 rings (SSSR count). The molecule has 0 aromatic heterocycles. The number of carbonyl (C=O) groups is 2. The van der Waals surface area contributed by atoms with Crippen LogP contribution in [0.2, 0.25) is 0 Å². The molecule has 324 valence electrons. The number of rotatable bonds is 17. The van der Waals surface area contributed by atoms with Gasteiger partial charge in [-0.3, -0.25) is 9.59 Å². The van der Waals surface area contributed by atoms with Crippen LogP contribution in [0.3, 0.4) is 0 Å². The number of carbonyl (C=O) groups excluding carboxylic acids is 2. The van der Waals surface area contributed by atoms with Gasteiger partial charge in [0.2, 0.25) is 0 Å². The Morgan fingerprint density at radius 2 is 1.02 bits per heavy atom. The first-order valence-corrected chi connectivity index (χ1v) is 23.6. The summed E-state index contributed by atoms with van der Waals surface area (Å²) in [6, 6.07) is 25.6. The fraction of sp³-hybridized carbons (Fsp3) is 0.404. The molecular weight excluding hydrogens is 805 g/mol. The van der Waals surface area contributed by atoms with Crippen LogP contribution in [0.15, 0.2) is 91.3 Å². The summed E-state index contributed by atoms with van der Waals surface area (Å²) in [5.74, 6) is -1.56. The molecule has 4 aromatic rings. The zero-order valence-electron chi connectivity index (χ0n) is 36.9. The number of hydrogen-bond acceptors (Lipinski definition) is 8. The maximum absolute atomic E-state index is 13.6. The SMILES string of the molecule is CCc1cc(C#N)cc(C(C)CCC(C)c2cc(C#N)cc(C(C)C)c2CC(=O)N=S(N)(=O)c2ccc(CN(C)C)cc2)c1CC(=O)N=S(N)(=O)c1ccc(CN(C)C)cc1. The quantitative estimate of drug-likeness (QED) is 0.107. The summed E-state index contributed by atoms with van der Waals surface area (Å²) in [6.07, 6.45) is 1.51. The van der Waals surface area contributed by atoms with Crippen LogP contribution in [0, 0.1) is 22.7 Å². The van der Waals surface area contributed by atoms with Crippen molar-refractivity contribution in [1.29, 1.82) is 10.5 Å². The summed E-state index contributed by atoms with van der Waals surface area (Å²) >= 11 is 0. The summed E-state index contributed by atoms with van der Waals surface area (Å²) in [4.78, 5) is 31.8. The molecular formula is C47H60N8O4S2. The van der Waals surface area contributed by atoms with Gasteiger partial charge in [0.25, 0.3) is 11.8 Å². The Kier molecular flexibility index (Phi) is 16.9. The lowest BCUT2D eigenvalue weighted by Gasteiger charge is -2.24. The molecule has 14 heteroatoms. The molecule has 4 atom stereocenters. The topological polar surface area (TPSA) is 199 Å². The lowest BCUT2D eigenvalue weighted by molar-refractivity contribution is -0.117. The van der Waals surface area contributed by atoms with Crippen molar-refractivity contribution in [1.82, 2.24) is 9.80 Å². The molecule has 4 N–H and O–H groups in total. The molecule has 61 heavy (non-hydrogen) atoms. The second kappa shape index (κ2) is 21.1. The summed E-state index contributed by atoms with van der Waals surface area (Å²) in [7, 11) is 0.748. The smallest absolute Gasteiger partial charge is 0.259 e. The number of benzene rings is 4. The van der Waals surface area contributed by atoms with Crippen LogP contribution in [0.25, 0.3) is 0 Å². The zero-order valence-corrected chi connectivity index (χ0v) is 38.5. The molecule has 0 aliphatic heterocycles. The van der Waals surface area contributed by atoms with Gasteiger partial charge in [0.05, 0.1) is 45.9 Å². The zero-order chi connectivity index (χ0) is 45.2. The van der Waals surface area contributed by atoms with Crippen LogP contribution in [0.5, 0.6) is 0 Å². The van der Waals surface area contributed by atoms with E-state index in [2.05, 4.69) is 20.9 Å². The molecule has 0 spiro atoms. The Balaban J connectivity index is 1.64. The average molecular weight is 865 g/mol. The van der Waals surface area contributed by atoms with Crippen molar-refractivity contribution in [3.63, 3.8) is 0 Å². The minimum Gasteiger partial charge on any atom is -0.305 e. The van der Waals surface area contributed by atoms with Crippen LogP contribution in [0.1, 0.15) is 121 Å². The summed E-state index contributed by atoms with van der Waals surface area (Å²) in [6.45, 7) is 11.4. The van der Waals surface area contributed by atoms with E-state index in [9.17, 15) is 28.5 Å². The highest BCUT2D eigenvalue weighted by molar-refractivity contribution is 7.92. The maximum Gasteiger partial charge on any atom is 0.259 e. The maximum atomic E-state index is 13.6. The first kappa shape index (κ1) is 48.6. The minimum absolute atomic E-state index is 0.0372. The fourth-order valence-electron chi connectivity index (χ4n) is 7.63. The van der Waals surface area contributed by atoms with Gasteiger partial charge in [-0.25, -0.2) is 18.7 Å². The van der Waals surface area contributed by atoms with Crippen molar-refractivity contribution in [3.8, 4) is 12.1 Å². The van der Waals surface area contributed by atoms with E-state index >= 15 is 0 Å². The molecule has 12 nitrogen and oxygen atoms in total. The van der Waals surface area contributed by atoms with Gasteiger partial charge in [-0.15, -0.1) is 8.73 Å². The van der Waals surface area contributed by atoms with Gasteiger partial charge < -0.3 is 9.80 Å². The number of hydrogen-bond donors (Lipinski definition) is 2. The van der Waals surface area contributed by atoms with Crippen LogP contribution < -0.4 is 10.3 Å². The van der Waals surface area contributed by atoms with Gasteiger partial charge in [0.1, 0.15) is 19.8 Å². The third kappa shape index (κ3) is 13.2. The molecule has 0 aliphatic carbocycles. The van der Waals surface area contributed by atoms with Crippen LogP contribution >= 0.6 is 0 Å². The predicted octanol–water partition coefficient (Wildman–Crippen LogP) is 7.87. The van der Waals surface area contributed by atoms with Gasteiger partial charge in [0.15, 0.2) is 0 Å². The molecule has 0 bridgehead atoms. The van der Waals surface area contributed by atoms with E-state index in [1.165, 1.54) is 0 Å². The average Bonchev–Trinajstić information content (AvgIpc) is 3.19. The van der Waals surface area contributed by atoms with Gasteiger partial charge in [-0.2, -0.15) is 10.5 Å². The third-order valence-electron chi connectivity index (χ3n) is 10.7. The summed E-state index contributed by atoms with van der Waals surface area (Å²) in [5.41, 5.74) is 7.68. The predicted molar refractivity (Wildman–Crippen MR) is 243 cm³/mol. The van der Waals surface area contributed by atoms with E-state index in [1.54, 1.807) is 42.5 Å². The molecule has 4 aromatic carbocycles. The van der Waals surface area contributed by atoms with E-state index in [1.807, 2.05) is 103 Å². The normalized spacial score (nSPS) is 14.4. The Hall–Kier alpha value is -5.06. The highest BCUT2D eigenvalue weighted by Crippen LogP contribution is 2.36. The molecule has 2 amide bonds. The highest BCUT2D eigenvalue weighted by Gasteiger charge is 2.24. The summed E-state index contributed by atoms with van der Waals surface area (Å²) < 4.78 is 35.2. The first-order valence-electron chi connectivity index (χ1n) is 20.4. The number of amides is 2. The Bertz CT molecular complexity index is 2570. The van der Waals surface area contributed by atoms with Crippen molar-refractivity contribution in [2.75, 3.05) is 28.2 Å². The number of aryl methyl sites for hydroxylation is 1. The van der Waals surface area contributed by atoms with Crippen molar-refractivity contribution < 1.29 is 18.0 Å². The Morgan fingerprint density at radius 3 is 1.39 bits per heavy atom. The van der Waals surface area contributed by atoms with Crippen LogP contribution in [-0.2, 0) is 61.8 Å². The number of nitrogens with two attached hydrogens (primary N) is 2. The number of nitrogens with zero attached hydrogens (tertiary/aromatic N) is 6. The van der Waals surface area contributed by atoms with E-state index in [4.69, 9.17) is 10.3 Å². The lowest BCUT2D eigenvalue weighted by atomic mass is 9.80. The standard InChI is InChI=1S/C47H60N8O4S2/c1-10-38-21-36(27-48)23-42(44(38)25-46(56)52-60(50,58)39-17-13-34(14-18-39)29-54(6)7)32(4)11-12-33(5)43-24-37(28-49)22-41(31(2)3)45(43)26-47(57)53-61(51,59)40-19-15-35(16-20-40)30-55(8)9/h13-24,31-33H,10-12,25-26,29-30H2,1-9H3,(H2,50,52,56,58)(H2,51,53,57,59). The van der Waals surface area contributed by atoms with Gasteiger partial charge in [-0.05, 0) is 158 Å². The van der Waals surface area contributed by atoms with E-state index in [0.717, 1.165) is 44.5 Å². The molecule has 0 saturated heterocycles. The summed E-state index contributed by atoms with van der Waals surface area (Å²) in [5, 5.41) is 32.4. The number of nitriles is 2. The Morgan fingerprint density at radius 1 is 0.639 bits per heavy atom. The minimum atomic E-state index is -3.53. The fourth-order valence-corrected chi connectivity index (χ4v) is 9.63. The highest BCUT2D eigenvalue weighted by atomic mass is 32.2. The van der Waals surface area contributed by atoms with Crippen LogP contribution in [0.4, 0.5) is 0 Å². The van der Waals surface area contributed by atoms with Crippen LogP contribution in [-0.4, -0.2) is 58.2 Å². The lowest BCUT2D eigenvalue weighted by Crippen LogP contribution is -2.18. The Labute approximate surface area is 363 Å². The van der Waals surface area contributed by atoms with Gasteiger partial charge >= 0.3 is 0 Å². The molecule has 0 saturated carbocycles. The van der Waals surface area contributed by atoms with E-state index < -0.39 is 31.6 Å². The second-order valence-electron chi connectivity index (χ2n) is 16.7. The molecule has 4 unspecified atom stereocenters. The molecule has 0 fully saturated rings. The largest absolute Gasteiger partial charge is 0.305 e. The second-order valence-corrected chi connectivity index (χ2v) is 20.3. The van der Waals surface area contributed by atoms with Gasteiger partial charge in [0, 0.05) is 13.1 Å². The van der Waals surface area contributed by atoms with Crippen molar-refractivity contribution in [2.24, 2.45) is 19.0 Å². The van der Waals surface area contributed by atoms with Crippen molar-refractivity contribution >= 4 is 31.6 Å². The van der Waals surface area contributed by atoms with Crippen molar-refractivity contribution in [2.45, 2.75) is 107 Å². The van der Waals surface area contributed by atoms with E-state index in [0.29, 0.717) is 43.5 Å². The van der Waals surface area contributed by atoms with Crippen molar-refractivity contribution in [3.05, 3.63) is 128 Å². The first-order chi connectivity index (χ1) is 28.7. The molecule has 0 heterocycles. The molecule has 0 radical (unpaired) electrons.